The monoisotopic (exact) mass is 468 g/mol. The lowest BCUT2D eigenvalue weighted by Gasteiger charge is -2.24. The number of aryl methyl sites for hydroxylation is 1. The normalized spacial score (nSPS) is 11.6. The molecule has 0 aliphatic carbocycles. The fourth-order valence-electron chi connectivity index (χ4n) is 3.87. The molecular weight excluding hydrogens is 440 g/mol. The van der Waals surface area contributed by atoms with Gasteiger partial charge in [0, 0.05) is 5.69 Å². The van der Waals surface area contributed by atoms with Crippen molar-refractivity contribution in [3.8, 4) is 0 Å². The molecule has 0 saturated heterocycles. The van der Waals surface area contributed by atoms with E-state index in [1.165, 1.54) is 11.3 Å². The Bertz CT molecular complexity index is 1230. The molecular formula is C29H28N2O2S. The van der Waals surface area contributed by atoms with E-state index in [2.05, 4.69) is 24.4 Å². The maximum atomic E-state index is 13.3. The van der Waals surface area contributed by atoms with Crippen LogP contribution in [0.25, 0.3) is 0 Å². The summed E-state index contributed by atoms with van der Waals surface area (Å²) >= 11 is 1.44. The van der Waals surface area contributed by atoms with Gasteiger partial charge >= 0.3 is 0 Å². The van der Waals surface area contributed by atoms with Crippen molar-refractivity contribution in [1.29, 1.82) is 0 Å². The van der Waals surface area contributed by atoms with E-state index in [1.54, 1.807) is 4.90 Å². The van der Waals surface area contributed by atoms with Crippen LogP contribution in [0.2, 0.25) is 0 Å². The molecule has 4 aromatic rings. The van der Waals surface area contributed by atoms with Gasteiger partial charge in [-0.05, 0) is 59.7 Å². The molecule has 0 spiro atoms. The molecule has 3 aromatic carbocycles. The van der Waals surface area contributed by atoms with E-state index < -0.39 is 0 Å². The first-order valence-corrected chi connectivity index (χ1v) is 12.2. The first-order valence-electron chi connectivity index (χ1n) is 11.3. The second-order valence-corrected chi connectivity index (χ2v) is 9.29. The fraction of sp³-hybridized carbons (Fsp3) is 0.172. The predicted molar refractivity (Wildman–Crippen MR) is 139 cm³/mol. The molecule has 2 amide bonds. The first kappa shape index (κ1) is 23.5. The van der Waals surface area contributed by atoms with Gasteiger partial charge in [0.2, 0.25) is 5.91 Å². The number of benzene rings is 3. The number of nitrogens with zero attached hydrogens (tertiary/aromatic N) is 1. The van der Waals surface area contributed by atoms with Crippen LogP contribution in [0.15, 0.2) is 96.4 Å². The molecule has 1 heterocycles. The number of amides is 2. The number of thiophene rings is 1. The third-order valence-electron chi connectivity index (χ3n) is 5.86. The van der Waals surface area contributed by atoms with Gasteiger partial charge in [-0.3, -0.25) is 9.59 Å². The number of rotatable bonds is 8. The maximum absolute atomic E-state index is 13.3. The van der Waals surface area contributed by atoms with E-state index in [4.69, 9.17) is 0 Å². The molecule has 0 aliphatic heterocycles. The van der Waals surface area contributed by atoms with Gasteiger partial charge in [-0.2, -0.15) is 0 Å². The number of carbonyl (C=O) groups excluding carboxylic acids is 2. The lowest BCUT2D eigenvalue weighted by molar-refractivity contribution is -0.121. The number of hydrogen-bond acceptors (Lipinski definition) is 3. The van der Waals surface area contributed by atoms with Gasteiger partial charge in [-0.15, -0.1) is 11.3 Å². The maximum Gasteiger partial charge on any atom is 0.268 e. The summed E-state index contributed by atoms with van der Waals surface area (Å²) in [5.74, 6) is -0.0593. The summed E-state index contributed by atoms with van der Waals surface area (Å²) < 4.78 is 0. The minimum absolute atomic E-state index is 0.0274. The van der Waals surface area contributed by atoms with Crippen LogP contribution in [0.1, 0.15) is 44.9 Å². The SMILES string of the molecule is Cc1ccccc1CN(C(=O)c1cccs1)c1ccc(CC(=O)N[C@@H](C)c2ccccc2)cc1. The molecule has 5 heteroatoms. The van der Waals surface area contributed by atoms with Crippen molar-refractivity contribution in [1.82, 2.24) is 5.32 Å². The molecule has 4 nitrogen and oxygen atoms in total. The minimum Gasteiger partial charge on any atom is -0.349 e. The highest BCUT2D eigenvalue weighted by Crippen LogP contribution is 2.24. The van der Waals surface area contributed by atoms with Crippen molar-refractivity contribution < 1.29 is 9.59 Å². The molecule has 0 saturated carbocycles. The summed E-state index contributed by atoms with van der Waals surface area (Å²) in [6, 6.07) is 29.4. The standard InChI is InChI=1S/C29H28N2O2S/c1-21-9-6-7-12-25(21)20-31(29(33)27-13-8-18-34-27)26-16-14-23(15-17-26)19-28(32)30-22(2)24-10-4-3-5-11-24/h3-18,22H,19-20H2,1-2H3,(H,30,32)/t22-/m0/s1. The summed E-state index contributed by atoms with van der Waals surface area (Å²) in [5.41, 5.74) is 5.03. The number of carbonyl (C=O) groups is 2. The van der Waals surface area contributed by atoms with Gasteiger partial charge < -0.3 is 10.2 Å². The van der Waals surface area contributed by atoms with Gasteiger partial charge in [-0.1, -0.05) is 72.8 Å². The quantitative estimate of drug-likeness (QED) is 0.329. The number of anilines is 1. The van der Waals surface area contributed by atoms with Crippen LogP contribution in [0.4, 0.5) is 5.69 Å². The van der Waals surface area contributed by atoms with E-state index in [0.29, 0.717) is 11.4 Å². The van der Waals surface area contributed by atoms with E-state index >= 15 is 0 Å². The summed E-state index contributed by atoms with van der Waals surface area (Å²) in [7, 11) is 0. The minimum atomic E-state index is -0.0546. The van der Waals surface area contributed by atoms with Gasteiger partial charge in [0.1, 0.15) is 0 Å². The number of hydrogen-bond donors (Lipinski definition) is 1. The van der Waals surface area contributed by atoms with Crippen molar-refractivity contribution in [2.24, 2.45) is 0 Å². The molecule has 4 rings (SSSR count). The number of nitrogens with one attached hydrogen (secondary N) is 1. The Hall–Kier alpha value is -3.70. The highest BCUT2D eigenvalue weighted by atomic mass is 32.1. The summed E-state index contributed by atoms with van der Waals surface area (Å²) in [6.07, 6.45) is 0.286. The molecule has 1 atom stereocenters. The molecule has 0 radical (unpaired) electrons. The molecule has 1 aromatic heterocycles. The summed E-state index contributed by atoms with van der Waals surface area (Å²) in [5, 5.41) is 4.97. The molecule has 0 fully saturated rings. The van der Waals surface area contributed by atoms with E-state index in [1.807, 2.05) is 91.2 Å². The molecule has 34 heavy (non-hydrogen) atoms. The average Bonchev–Trinajstić information content (AvgIpc) is 3.39. The Labute approximate surface area is 204 Å². The van der Waals surface area contributed by atoms with Gasteiger partial charge in [-0.25, -0.2) is 0 Å². The summed E-state index contributed by atoms with van der Waals surface area (Å²) in [4.78, 5) is 28.4. The highest BCUT2D eigenvalue weighted by molar-refractivity contribution is 7.12. The third-order valence-corrected chi connectivity index (χ3v) is 6.71. The Kier molecular flexibility index (Phi) is 7.55. The van der Waals surface area contributed by atoms with Crippen molar-refractivity contribution in [3.63, 3.8) is 0 Å². The smallest absolute Gasteiger partial charge is 0.268 e. The second kappa shape index (κ2) is 10.9. The van der Waals surface area contributed by atoms with E-state index in [9.17, 15) is 9.59 Å². The van der Waals surface area contributed by atoms with Crippen LogP contribution in [0.5, 0.6) is 0 Å². The Balaban J connectivity index is 1.49. The van der Waals surface area contributed by atoms with Gasteiger partial charge in [0.25, 0.3) is 5.91 Å². The average molecular weight is 469 g/mol. The van der Waals surface area contributed by atoms with Gasteiger partial charge in [0.05, 0.1) is 23.9 Å². The van der Waals surface area contributed by atoms with Crippen LogP contribution >= 0.6 is 11.3 Å². The Morgan fingerprint density at radius 2 is 1.59 bits per heavy atom. The third kappa shape index (κ3) is 5.80. The van der Waals surface area contributed by atoms with Crippen molar-refractivity contribution in [2.45, 2.75) is 32.9 Å². The second-order valence-electron chi connectivity index (χ2n) is 8.34. The largest absolute Gasteiger partial charge is 0.349 e. The van der Waals surface area contributed by atoms with E-state index in [0.717, 1.165) is 27.9 Å². The highest BCUT2D eigenvalue weighted by Gasteiger charge is 2.20. The van der Waals surface area contributed by atoms with Crippen LogP contribution in [0, 0.1) is 6.92 Å². The topological polar surface area (TPSA) is 49.4 Å². The zero-order valence-electron chi connectivity index (χ0n) is 19.4. The molecule has 0 unspecified atom stereocenters. The molecule has 0 aliphatic rings. The molecule has 1 N–H and O–H groups in total. The van der Waals surface area contributed by atoms with Gasteiger partial charge in [0.15, 0.2) is 0 Å². The first-order chi connectivity index (χ1) is 16.5. The zero-order chi connectivity index (χ0) is 23.9. The molecule has 0 bridgehead atoms. The lowest BCUT2D eigenvalue weighted by Crippen LogP contribution is -2.30. The van der Waals surface area contributed by atoms with Crippen molar-refractivity contribution in [2.75, 3.05) is 4.90 Å². The fourth-order valence-corrected chi connectivity index (χ4v) is 4.54. The van der Waals surface area contributed by atoms with Crippen LogP contribution in [-0.2, 0) is 17.8 Å². The molecule has 172 valence electrons. The van der Waals surface area contributed by atoms with Crippen LogP contribution in [-0.4, -0.2) is 11.8 Å². The lowest BCUT2D eigenvalue weighted by atomic mass is 10.1. The van der Waals surface area contributed by atoms with Crippen molar-refractivity contribution >= 4 is 28.8 Å². The van der Waals surface area contributed by atoms with Crippen molar-refractivity contribution in [3.05, 3.63) is 124 Å². The predicted octanol–water partition coefficient (Wildman–Crippen LogP) is 6.32. The van der Waals surface area contributed by atoms with Crippen LogP contribution in [0.3, 0.4) is 0 Å². The summed E-state index contributed by atoms with van der Waals surface area (Å²) in [6.45, 7) is 4.52. The zero-order valence-corrected chi connectivity index (χ0v) is 20.2. The Morgan fingerprint density at radius 1 is 0.882 bits per heavy atom. The van der Waals surface area contributed by atoms with E-state index in [-0.39, 0.29) is 24.3 Å². The Morgan fingerprint density at radius 3 is 2.26 bits per heavy atom. The van der Waals surface area contributed by atoms with Crippen LogP contribution < -0.4 is 10.2 Å².